The topological polar surface area (TPSA) is 60.9 Å². The van der Waals surface area contributed by atoms with Gasteiger partial charge in [-0.1, -0.05) is 61.0 Å². The van der Waals surface area contributed by atoms with Gasteiger partial charge in [-0.05, 0) is 63.3 Å². The molecule has 1 saturated heterocycles. The molecule has 0 saturated carbocycles. The molecule has 0 aliphatic carbocycles. The van der Waals surface area contributed by atoms with E-state index in [0.717, 1.165) is 23.1 Å². The molecule has 0 radical (unpaired) electrons. The van der Waals surface area contributed by atoms with Crippen molar-refractivity contribution in [2.45, 2.75) is 30.7 Å². The second kappa shape index (κ2) is 10.9. The SMILES string of the molecule is CCC(=O)N1CCc2cc(Br)c(S(=O)(=O)N3CCN([C@H](c4ccccc4)c4ccc(Cl)cc4)CC3)cc21. The van der Waals surface area contributed by atoms with Crippen LogP contribution in [0.4, 0.5) is 5.69 Å². The largest absolute Gasteiger partial charge is 0.312 e. The van der Waals surface area contributed by atoms with Gasteiger partial charge in [0, 0.05) is 54.3 Å². The van der Waals surface area contributed by atoms with Gasteiger partial charge in [-0.15, -0.1) is 0 Å². The maximum atomic E-state index is 13.8. The van der Waals surface area contributed by atoms with Gasteiger partial charge in [-0.25, -0.2) is 8.42 Å². The van der Waals surface area contributed by atoms with Crippen LogP contribution in [0.1, 0.15) is 36.1 Å². The quantitative estimate of drug-likeness (QED) is 0.374. The summed E-state index contributed by atoms with van der Waals surface area (Å²) in [6, 6.07) is 21.6. The predicted molar refractivity (Wildman–Crippen MR) is 151 cm³/mol. The number of fused-ring (bicyclic) bond motifs is 1. The molecule has 0 bridgehead atoms. The molecule has 0 unspecified atom stereocenters. The minimum atomic E-state index is -3.75. The smallest absolute Gasteiger partial charge is 0.244 e. The lowest BCUT2D eigenvalue weighted by Crippen LogP contribution is -2.49. The van der Waals surface area contributed by atoms with Crippen molar-refractivity contribution in [3.05, 3.63) is 92.9 Å². The number of amides is 1. The van der Waals surface area contributed by atoms with Crippen LogP contribution < -0.4 is 4.90 Å². The number of carbonyl (C=O) groups excluding carboxylic acids is 1. The summed E-state index contributed by atoms with van der Waals surface area (Å²) < 4.78 is 29.6. The van der Waals surface area contributed by atoms with E-state index in [9.17, 15) is 13.2 Å². The van der Waals surface area contributed by atoms with Crippen LogP contribution in [-0.4, -0.2) is 56.3 Å². The highest BCUT2D eigenvalue weighted by atomic mass is 79.9. The fourth-order valence-electron chi connectivity index (χ4n) is 5.27. The van der Waals surface area contributed by atoms with Crippen molar-refractivity contribution in [3.63, 3.8) is 0 Å². The highest BCUT2D eigenvalue weighted by Crippen LogP contribution is 2.38. The van der Waals surface area contributed by atoms with Crippen LogP contribution in [0.2, 0.25) is 5.02 Å². The highest BCUT2D eigenvalue weighted by molar-refractivity contribution is 9.10. The molecule has 0 spiro atoms. The third kappa shape index (κ3) is 5.22. The number of halogens is 2. The number of hydrogen-bond donors (Lipinski definition) is 0. The first-order valence-electron chi connectivity index (χ1n) is 12.5. The van der Waals surface area contributed by atoms with Crippen molar-refractivity contribution in [1.82, 2.24) is 9.21 Å². The highest BCUT2D eigenvalue weighted by Gasteiger charge is 2.35. The summed E-state index contributed by atoms with van der Waals surface area (Å²) in [5.74, 6) is 0.00666. The van der Waals surface area contributed by atoms with Crippen molar-refractivity contribution in [2.24, 2.45) is 0 Å². The molecule has 1 atom stereocenters. The fraction of sp³-hybridized carbons (Fsp3) is 0.321. The molecule has 1 fully saturated rings. The number of carbonyl (C=O) groups is 1. The Kier molecular flexibility index (Phi) is 7.75. The van der Waals surface area contributed by atoms with E-state index in [4.69, 9.17) is 11.6 Å². The lowest BCUT2D eigenvalue weighted by atomic mass is 9.96. The van der Waals surface area contributed by atoms with E-state index >= 15 is 0 Å². The number of piperazine rings is 1. The van der Waals surface area contributed by atoms with E-state index in [0.29, 0.717) is 54.3 Å². The minimum Gasteiger partial charge on any atom is -0.312 e. The molecule has 1 amide bonds. The van der Waals surface area contributed by atoms with Gasteiger partial charge in [0.05, 0.1) is 10.9 Å². The Morgan fingerprint density at radius 3 is 2.24 bits per heavy atom. The van der Waals surface area contributed by atoms with Crippen LogP contribution in [-0.2, 0) is 21.2 Å². The van der Waals surface area contributed by atoms with Crippen LogP contribution in [0.15, 0.2) is 76.1 Å². The number of sulfonamides is 1. The molecule has 2 heterocycles. The summed E-state index contributed by atoms with van der Waals surface area (Å²) in [6.07, 6.45) is 1.11. The Hall–Kier alpha value is -2.23. The van der Waals surface area contributed by atoms with E-state index in [2.05, 4.69) is 33.0 Å². The molecule has 3 aromatic carbocycles. The zero-order valence-electron chi connectivity index (χ0n) is 20.6. The maximum Gasteiger partial charge on any atom is 0.244 e. The Balaban J connectivity index is 1.39. The molecule has 6 nitrogen and oxygen atoms in total. The number of rotatable bonds is 6. The first-order valence-corrected chi connectivity index (χ1v) is 15.1. The van der Waals surface area contributed by atoms with Gasteiger partial charge in [0.2, 0.25) is 15.9 Å². The predicted octanol–water partition coefficient (Wildman–Crippen LogP) is 5.50. The normalized spacial score (nSPS) is 17.5. The summed E-state index contributed by atoms with van der Waals surface area (Å²) in [5.41, 5.74) is 3.97. The Labute approximate surface area is 232 Å². The van der Waals surface area contributed by atoms with Crippen LogP contribution >= 0.6 is 27.5 Å². The van der Waals surface area contributed by atoms with Gasteiger partial charge in [0.1, 0.15) is 0 Å². The van der Waals surface area contributed by atoms with Crippen LogP contribution in [0.5, 0.6) is 0 Å². The van der Waals surface area contributed by atoms with Crippen LogP contribution in [0.3, 0.4) is 0 Å². The summed E-state index contributed by atoms with van der Waals surface area (Å²) in [4.78, 5) is 16.7. The number of anilines is 1. The zero-order chi connectivity index (χ0) is 26.2. The molecule has 0 N–H and O–H groups in total. The van der Waals surface area contributed by atoms with E-state index in [1.807, 2.05) is 55.5 Å². The van der Waals surface area contributed by atoms with Gasteiger partial charge >= 0.3 is 0 Å². The van der Waals surface area contributed by atoms with Crippen LogP contribution in [0, 0.1) is 0 Å². The Bertz CT molecular complexity index is 1390. The standard InChI is InChI=1S/C28H29BrClN3O3S/c1-2-27(34)33-13-12-22-18-24(29)26(19-25(22)33)37(35,36)32-16-14-31(15-17-32)28(20-6-4-3-5-7-20)21-8-10-23(30)11-9-21/h3-11,18-19,28H,2,12-17H2,1H3/t28-/m1/s1. The van der Waals surface area contributed by atoms with Gasteiger partial charge in [-0.3, -0.25) is 9.69 Å². The summed E-state index contributed by atoms with van der Waals surface area (Å²) in [5, 5.41) is 0.686. The number of hydrogen-bond acceptors (Lipinski definition) is 4. The molecule has 9 heteroatoms. The minimum absolute atomic E-state index is 0.00339. The first kappa shape index (κ1) is 26.4. The second-order valence-corrected chi connectivity index (χ2v) is 12.6. The van der Waals surface area contributed by atoms with Crippen LogP contribution in [0.25, 0.3) is 0 Å². The molecule has 0 aromatic heterocycles. The van der Waals surface area contributed by atoms with E-state index in [-0.39, 0.29) is 16.8 Å². The lowest BCUT2D eigenvalue weighted by Gasteiger charge is -2.39. The molecule has 5 rings (SSSR count). The van der Waals surface area contributed by atoms with Gasteiger partial charge < -0.3 is 4.90 Å². The average Bonchev–Trinajstić information content (AvgIpc) is 3.32. The molecule has 2 aliphatic heterocycles. The molecule has 37 heavy (non-hydrogen) atoms. The molecule has 194 valence electrons. The van der Waals surface area contributed by atoms with Crippen molar-refractivity contribution in [1.29, 1.82) is 0 Å². The Morgan fingerprint density at radius 1 is 0.946 bits per heavy atom. The van der Waals surface area contributed by atoms with E-state index in [1.165, 1.54) is 0 Å². The maximum absolute atomic E-state index is 13.8. The van der Waals surface area contributed by atoms with Crippen molar-refractivity contribution >= 4 is 49.1 Å². The third-order valence-electron chi connectivity index (χ3n) is 7.19. The number of benzene rings is 3. The van der Waals surface area contributed by atoms with Gasteiger partial charge in [-0.2, -0.15) is 4.31 Å². The monoisotopic (exact) mass is 601 g/mol. The fourth-order valence-corrected chi connectivity index (χ4v) is 7.89. The molecular weight excluding hydrogens is 574 g/mol. The van der Waals surface area contributed by atoms with Crippen molar-refractivity contribution in [3.8, 4) is 0 Å². The first-order chi connectivity index (χ1) is 17.8. The van der Waals surface area contributed by atoms with Crippen molar-refractivity contribution < 1.29 is 13.2 Å². The summed E-state index contributed by atoms with van der Waals surface area (Å²) in [7, 11) is -3.75. The molecule has 2 aliphatic rings. The molecule has 3 aromatic rings. The zero-order valence-corrected chi connectivity index (χ0v) is 23.8. The third-order valence-corrected chi connectivity index (χ3v) is 10.3. The van der Waals surface area contributed by atoms with Gasteiger partial charge in [0.25, 0.3) is 0 Å². The summed E-state index contributed by atoms with van der Waals surface area (Å²) >= 11 is 9.64. The van der Waals surface area contributed by atoms with Gasteiger partial charge in [0.15, 0.2) is 0 Å². The number of nitrogens with zero attached hydrogens (tertiary/aromatic N) is 3. The Morgan fingerprint density at radius 2 is 1.59 bits per heavy atom. The average molecular weight is 603 g/mol. The van der Waals surface area contributed by atoms with Crippen molar-refractivity contribution in [2.75, 3.05) is 37.6 Å². The second-order valence-electron chi connectivity index (χ2n) is 9.37. The van der Waals surface area contributed by atoms with E-state index in [1.54, 1.807) is 15.3 Å². The van der Waals surface area contributed by atoms with E-state index < -0.39 is 10.0 Å². The molecular formula is C28H29BrClN3O3S. The lowest BCUT2D eigenvalue weighted by molar-refractivity contribution is -0.118. The summed E-state index contributed by atoms with van der Waals surface area (Å²) in [6.45, 7) is 4.33.